The second kappa shape index (κ2) is 8.20. The van der Waals surface area contributed by atoms with E-state index >= 15 is 0 Å². The standard InChI is InChI=1S/C22H22O9/c1-10-14(23)16(25)18(27)22(29-10)30-13-9-8-12-15(24)17(26)19(11-6-4-3-5-7-11)31-20(12)21(13)28-2/h3-10,14,16,18,22-23,25-27H,1-2H3/t10-,14-,16+,18+,22-/m0/s1. The number of hydrogen-bond donors (Lipinski definition) is 4. The van der Waals surface area contributed by atoms with Gasteiger partial charge in [-0.3, -0.25) is 4.79 Å². The molecule has 1 aliphatic rings. The maximum Gasteiger partial charge on any atom is 0.235 e. The molecule has 4 rings (SSSR count). The van der Waals surface area contributed by atoms with Gasteiger partial charge in [-0.05, 0) is 19.1 Å². The van der Waals surface area contributed by atoms with E-state index in [0.717, 1.165) is 0 Å². The van der Waals surface area contributed by atoms with Crippen molar-refractivity contribution >= 4 is 11.0 Å². The highest BCUT2D eigenvalue weighted by molar-refractivity contribution is 5.88. The predicted octanol–water partition coefficient (Wildman–Crippen LogP) is 1.38. The molecule has 0 unspecified atom stereocenters. The highest BCUT2D eigenvalue weighted by Crippen LogP contribution is 2.40. The first-order valence-electron chi connectivity index (χ1n) is 9.62. The van der Waals surface area contributed by atoms with Crippen LogP contribution in [0.25, 0.3) is 22.3 Å². The Kier molecular flexibility index (Phi) is 5.59. The Morgan fingerprint density at radius 2 is 1.68 bits per heavy atom. The maximum absolute atomic E-state index is 12.7. The van der Waals surface area contributed by atoms with Crippen LogP contribution in [0.2, 0.25) is 0 Å². The van der Waals surface area contributed by atoms with Crippen molar-refractivity contribution in [2.24, 2.45) is 0 Å². The number of rotatable bonds is 4. The van der Waals surface area contributed by atoms with Crippen molar-refractivity contribution in [1.29, 1.82) is 0 Å². The zero-order valence-electron chi connectivity index (χ0n) is 16.8. The Morgan fingerprint density at radius 1 is 0.968 bits per heavy atom. The monoisotopic (exact) mass is 430 g/mol. The van der Waals surface area contributed by atoms with E-state index in [1.54, 1.807) is 30.3 Å². The summed E-state index contributed by atoms with van der Waals surface area (Å²) in [6.07, 6.45) is -6.38. The van der Waals surface area contributed by atoms with Crippen LogP contribution in [-0.4, -0.2) is 58.2 Å². The number of aliphatic hydroxyl groups excluding tert-OH is 3. The Morgan fingerprint density at radius 3 is 2.35 bits per heavy atom. The number of aliphatic hydroxyl groups is 3. The molecule has 0 aliphatic carbocycles. The number of aromatic hydroxyl groups is 1. The minimum absolute atomic E-state index is 0.0283. The van der Waals surface area contributed by atoms with E-state index in [-0.39, 0.29) is 28.2 Å². The lowest BCUT2D eigenvalue weighted by molar-refractivity contribution is -0.268. The topological polar surface area (TPSA) is 139 Å². The van der Waals surface area contributed by atoms with Gasteiger partial charge in [-0.2, -0.15) is 0 Å². The van der Waals surface area contributed by atoms with Gasteiger partial charge in [0.05, 0.1) is 18.6 Å². The molecule has 164 valence electrons. The van der Waals surface area contributed by atoms with Gasteiger partial charge in [-0.25, -0.2) is 0 Å². The molecule has 4 N–H and O–H groups in total. The summed E-state index contributed by atoms with van der Waals surface area (Å²) in [7, 11) is 1.34. The smallest absolute Gasteiger partial charge is 0.235 e. The van der Waals surface area contributed by atoms with Gasteiger partial charge in [0, 0.05) is 5.56 Å². The third-order valence-electron chi connectivity index (χ3n) is 5.25. The SMILES string of the molecule is COc1c(O[C@@H]2O[C@@H](C)[C@H](O)[C@@H](O)[C@H]2O)ccc2c(=O)c(O)c(-c3ccccc3)oc12. The normalized spacial score (nSPS) is 26.0. The number of hydrogen-bond acceptors (Lipinski definition) is 9. The molecular weight excluding hydrogens is 408 g/mol. The molecule has 2 aromatic carbocycles. The third-order valence-corrected chi connectivity index (χ3v) is 5.25. The van der Waals surface area contributed by atoms with Crippen LogP contribution in [0, 0.1) is 0 Å². The van der Waals surface area contributed by atoms with E-state index in [4.69, 9.17) is 18.6 Å². The molecule has 31 heavy (non-hydrogen) atoms. The average Bonchev–Trinajstić information content (AvgIpc) is 2.78. The fourth-order valence-electron chi connectivity index (χ4n) is 3.51. The van der Waals surface area contributed by atoms with Gasteiger partial charge in [0.1, 0.15) is 18.3 Å². The second-order valence-corrected chi connectivity index (χ2v) is 7.25. The van der Waals surface area contributed by atoms with Crippen molar-refractivity contribution in [2.45, 2.75) is 37.6 Å². The van der Waals surface area contributed by atoms with Crippen LogP contribution >= 0.6 is 0 Å². The summed E-state index contributed by atoms with van der Waals surface area (Å²) in [6.45, 7) is 1.53. The average molecular weight is 430 g/mol. The molecule has 0 amide bonds. The number of methoxy groups -OCH3 is 1. The summed E-state index contributed by atoms with van der Waals surface area (Å²) >= 11 is 0. The molecule has 0 radical (unpaired) electrons. The number of fused-ring (bicyclic) bond motifs is 1. The lowest BCUT2D eigenvalue weighted by Crippen LogP contribution is -2.58. The molecule has 1 aromatic heterocycles. The number of benzene rings is 2. The first kappa shape index (κ1) is 21.1. The second-order valence-electron chi connectivity index (χ2n) is 7.25. The van der Waals surface area contributed by atoms with Gasteiger partial charge >= 0.3 is 0 Å². The Balaban J connectivity index is 1.81. The molecule has 1 aliphatic heterocycles. The molecule has 5 atom stereocenters. The van der Waals surface area contributed by atoms with E-state index in [9.17, 15) is 25.2 Å². The summed E-state index contributed by atoms with van der Waals surface area (Å²) in [6, 6.07) is 11.4. The molecule has 0 bridgehead atoms. The van der Waals surface area contributed by atoms with Gasteiger partial charge in [-0.1, -0.05) is 30.3 Å². The first-order chi connectivity index (χ1) is 14.8. The predicted molar refractivity (Wildman–Crippen MR) is 109 cm³/mol. The molecule has 3 aromatic rings. The summed E-state index contributed by atoms with van der Waals surface area (Å²) in [4.78, 5) is 12.7. The van der Waals surface area contributed by atoms with Crippen LogP contribution in [0.15, 0.2) is 51.7 Å². The Hall–Kier alpha value is -3.11. The number of ether oxygens (including phenoxy) is 3. The summed E-state index contributed by atoms with van der Waals surface area (Å²) < 4.78 is 22.4. The van der Waals surface area contributed by atoms with Crippen molar-refractivity contribution in [3.8, 4) is 28.6 Å². The highest BCUT2D eigenvalue weighted by Gasteiger charge is 2.43. The fraction of sp³-hybridized carbons (Fsp3) is 0.318. The Bertz CT molecular complexity index is 1140. The zero-order valence-corrected chi connectivity index (χ0v) is 16.8. The van der Waals surface area contributed by atoms with Crippen molar-refractivity contribution in [1.82, 2.24) is 0 Å². The summed E-state index contributed by atoms with van der Waals surface area (Å²) in [5.41, 5.74) is -0.129. The van der Waals surface area contributed by atoms with Crippen molar-refractivity contribution < 1.29 is 39.1 Å². The van der Waals surface area contributed by atoms with Crippen LogP contribution in [0.1, 0.15) is 6.92 Å². The van der Waals surface area contributed by atoms with Crippen molar-refractivity contribution in [3.63, 3.8) is 0 Å². The van der Waals surface area contributed by atoms with Gasteiger partial charge in [0.25, 0.3) is 0 Å². The van der Waals surface area contributed by atoms with Crippen LogP contribution < -0.4 is 14.9 Å². The summed E-state index contributed by atoms with van der Waals surface area (Å²) in [5, 5.41) is 40.5. The fourth-order valence-corrected chi connectivity index (χ4v) is 3.51. The van der Waals surface area contributed by atoms with Crippen LogP contribution in [0.5, 0.6) is 17.2 Å². The van der Waals surface area contributed by atoms with Gasteiger partial charge < -0.3 is 39.1 Å². The van der Waals surface area contributed by atoms with Gasteiger partial charge in [0.2, 0.25) is 23.2 Å². The molecule has 0 spiro atoms. The molecular formula is C22H22O9. The molecule has 0 saturated carbocycles. The first-order valence-corrected chi connectivity index (χ1v) is 9.62. The molecule has 1 saturated heterocycles. The van der Waals surface area contributed by atoms with Gasteiger partial charge in [-0.15, -0.1) is 0 Å². The largest absolute Gasteiger partial charge is 0.502 e. The highest BCUT2D eigenvalue weighted by atomic mass is 16.7. The van der Waals surface area contributed by atoms with E-state index < -0.39 is 41.9 Å². The van der Waals surface area contributed by atoms with E-state index in [1.165, 1.54) is 26.2 Å². The minimum Gasteiger partial charge on any atom is -0.502 e. The Labute approximate surface area is 176 Å². The molecule has 9 heteroatoms. The minimum atomic E-state index is -1.53. The lowest BCUT2D eigenvalue weighted by atomic mass is 10.00. The maximum atomic E-state index is 12.7. The lowest BCUT2D eigenvalue weighted by Gasteiger charge is -2.39. The van der Waals surface area contributed by atoms with Crippen LogP contribution in [0.4, 0.5) is 0 Å². The van der Waals surface area contributed by atoms with E-state index in [2.05, 4.69) is 0 Å². The van der Waals surface area contributed by atoms with Crippen molar-refractivity contribution in [3.05, 3.63) is 52.7 Å². The van der Waals surface area contributed by atoms with Crippen LogP contribution in [-0.2, 0) is 4.74 Å². The zero-order chi connectivity index (χ0) is 22.3. The van der Waals surface area contributed by atoms with E-state index in [1.807, 2.05) is 0 Å². The van der Waals surface area contributed by atoms with E-state index in [0.29, 0.717) is 5.56 Å². The van der Waals surface area contributed by atoms with Crippen molar-refractivity contribution in [2.75, 3.05) is 7.11 Å². The molecule has 9 nitrogen and oxygen atoms in total. The quantitative estimate of drug-likeness (QED) is 0.483. The summed E-state index contributed by atoms with van der Waals surface area (Å²) in [5.74, 6) is -0.459. The van der Waals surface area contributed by atoms with Gasteiger partial charge in [0.15, 0.2) is 17.1 Å². The molecule has 1 fully saturated rings. The van der Waals surface area contributed by atoms with Crippen LogP contribution in [0.3, 0.4) is 0 Å². The molecule has 2 heterocycles. The third kappa shape index (κ3) is 3.61.